The van der Waals surface area contributed by atoms with Gasteiger partial charge in [0.25, 0.3) is 0 Å². The molecule has 0 saturated carbocycles. The van der Waals surface area contributed by atoms with Crippen molar-refractivity contribution in [2.24, 2.45) is 5.92 Å². The van der Waals surface area contributed by atoms with E-state index in [0.29, 0.717) is 29.0 Å². The highest BCUT2D eigenvalue weighted by Gasteiger charge is 2.33. The molecule has 0 aromatic heterocycles. The second kappa shape index (κ2) is 7.19. The minimum absolute atomic E-state index is 0.103. The molecular weight excluding hydrogens is 391 g/mol. The Hall–Kier alpha value is -3.01. The molecule has 28 heavy (non-hydrogen) atoms. The molecule has 3 rings (SSSR count). The molecule has 0 spiro atoms. The van der Waals surface area contributed by atoms with Gasteiger partial charge in [0.15, 0.2) is 5.82 Å². The van der Waals surface area contributed by atoms with Crippen LogP contribution in [0.2, 0.25) is 0 Å². The van der Waals surface area contributed by atoms with Gasteiger partial charge in [-0.2, -0.15) is 8.42 Å². The fourth-order valence-electron chi connectivity index (χ4n) is 3.05. The summed E-state index contributed by atoms with van der Waals surface area (Å²) in [6.07, 6.45) is 2.34. The van der Waals surface area contributed by atoms with E-state index in [-0.39, 0.29) is 5.39 Å². The number of carboxylic acid groups (broad SMARTS) is 1. The highest BCUT2D eigenvalue weighted by Crippen LogP contribution is 2.39. The number of anilines is 1. The Bertz CT molecular complexity index is 1080. The summed E-state index contributed by atoms with van der Waals surface area (Å²) in [7, 11) is -4.26. The summed E-state index contributed by atoms with van der Waals surface area (Å²) in [6, 6.07) is 6.12. The normalized spacial score (nSPS) is 16.6. The van der Waals surface area contributed by atoms with Crippen LogP contribution in [-0.4, -0.2) is 29.7 Å². The van der Waals surface area contributed by atoms with Gasteiger partial charge in [-0.15, -0.1) is 0 Å². The van der Waals surface area contributed by atoms with Crippen LogP contribution in [0, 0.1) is 11.7 Å². The number of aromatic hydroxyl groups is 1. The first-order valence-corrected chi connectivity index (χ1v) is 9.94. The third-order valence-electron chi connectivity index (χ3n) is 4.57. The molecular formula is C18H19FN2O6S. The summed E-state index contributed by atoms with van der Waals surface area (Å²) in [5, 5.41) is 29.0. The maximum atomic E-state index is 15.1. The molecule has 0 amide bonds. The molecule has 1 aliphatic heterocycles. The van der Waals surface area contributed by atoms with Crippen LogP contribution in [0.5, 0.6) is 5.75 Å². The number of phenols is 1. The van der Waals surface area contributed by atoms with E-state index in [1.54, 1.807) is 29.8 Å². The number of hydrogen-bond acceptors (Lipinski definition) is 5. The zero-order valence-electron chi connectivity index (χ0n) is 14.9. The number of hydrogen-bond donors (Lipinski definition) is 4. The number of phenolic OH excluding ortho intramolecular Hbond substituents is 1. The van der Waals surface area contributed by atoms with E-state index >= 15 is 4.39 Å². The van der Waals surface area contributed by atoms with E-state index in [1.807, 2.05) is 0 Å². The zero-order valence-corrected chi connectivity index (χ0v) is 15.7. The number of nitrogens with one attached hydrogen (secondary N) is 1. The molecule has 1 aliphatic rings. The summed E-state index contributed by atoms with van der Waals surface area (Å²) < 4.78 is 41.4. The van der Waals surface area contributed by atoms with Gasteiger partial charge in [-0.25, -0.2) is 13.4 Å². The number of rotatable bonds is 6. The molecule has 2 aromatic carbocycles. The second-order valence-corrected chi connectivity index (χ2v) is 8.21. The number of aryl methyl sites for hydroxylation is 1. The smallest absolute Gasteiger partial charge is 0.330 e. The van der Waals surface area contributed by atoms with Crippen LogP contribution in [-0.2, 0) is 21.4 Å². The van der Waals surface area contributed by atoms with Crippen molar-refractivity contribution in [3.05, 3.63) is 47.7 Å². The summed E-state index contributed by atoms with van der Waals surface area (Å²) >= 11 is 0. The molecule has 0 saturated heterocycles. The Morgan fingerprint density at radius 1 is 1.29 bits per heavy atom. The monoisotopic (exact) mass is 410 g/mol. The van der Waals surface area contributed by atoms with E-state index in [0.717, 1.165) is 11.8 Å². The van der Waals surface area contributed by atoms with E-state index in [2.05, 4.69) is 0 Å². The topological polar surface area (TPSA) is 127 Å². The fourth-order valence-corrected chi connectivity index (χ4v) is 4.12. The number of halogens is 1. The minimum atomic E-state index is -4.26. The number of aliphatic carboxylic acids is 1. The number of benzene rings is 2. The standard InChI is InChI=1S/C18H19FN2O6S/c1-10(18(24)25)3-2-4-11-5-6-12-8-14(22)17(16(19)13(12)7-11)21-9-15(23)20-28(21,26)27/h5-10,20,22-23H,2-4H2,1H3,(H,24,25). The van der Waals surface area contributed by atoms with Gasteiger partial charge in [-0.1, -0.05) is 19.1 Å². The van der Waals surface area contributed by atoms with Crippen molar-refractivity contribution < 1.29 is 32.9 Å². The number of aliphatic hydroxyl groups excluding tert-OH is 1. The quantitative estimate of drug-likeness (QED) is 0.580. The Labute approximate surface area is 160 Å². The molecule has 0 radical (unpaired) electrons. The lowest BCUT2D eigenvalue weighted by Crippen LogP contribution is -2.30. The lowest BCUT2D eigenvalue weighted by Gasteiger charge is -2.18. The molecule has 0 aliphatic carbocycles. The van der Waals surface area contributed by atoms with Crippen LogP contribution in [0.3, 0.4) is 0 Å². The van der Waals surface area contributed by atoms with Gasteiger partial charge >= 0.3 is 16.2 Å². The van der Waals surface area contributed by atoms with E-state index < -0.39 is 45.2 Å². The summed E-state index contributed by atoms with van der Waals surface area (Å²) in [5.41, 5.74) is 0.155. The molecule has 1 unspecified atom stereocenters. The predicted octanol–water partition coefficient (Wildman–Crippen LogP) is 2.74. The highest BCUT2D eigenvalue weighted by molar-refractivity contribution is 7.91. The van der Waals surface area contributed by atoms with Crippen molar-refractivity contribution in [3.8, 4) is 5.75 Å². The average Bonchev–Trinajstić information content (AvgIpc) is 2.87. The SMILES string of the molecule is CC(CCCc1ccc2cc(O)c(N3C=C(O)NS3(=O)=O)c(F)c2c1)C(=O)O. The number of aliphatic hydroxyl groups is 1. The van der Waals surface area contributed by atoms with Crippen LogP contribution in [0.1, 0.15) is 25.3 Å². The summed E-state index contributed by atoms with van der Waals surface area (Å²) in [5.74, 6) is -3.59. The molecule has 4 N–H and O–H groups in total. The molecule has 10 heteroatoms. The van der Waals surface area contributed by atoms with Crippen molar-refractivity contribution in [2.75, 3.05) is 4.31 Å². The average molecular weight is 410 g/mol. The Kier molecular flexibility index (Phi) is 5.07. The number of carboxylic acids is 1. The molecule has 1 atom stereocenters. The minimum Gasteiger partial charge on any atom is -0.506 e. The van der Waals surface area contributed by atoms with Gasteiger partial charge in [-0.3, -0.25) is 4.79 Å². The maximum absolute atomic E-state index is 15.1. The number of fused-ring (bicyclic) bond motifs is 1. The van der Waals surface area contributed by atoms with Gasteiger partial charge in [0.2, 0.25) is 5.88 Å². The van der Waals surface area contributed by atoms with Crippen LogP contribution in [0.15, 0.2) is 36.3 Å². The van der Waals surface area contributed by atoms with Crippen LogP contribution in [0.4, 0.5) is 10.1 Å². The largest absolute Gasteiger partial charge is 0.506 e. The third kappa shape index (κ3) is 3.68. The van der Waals surface area contributed by atoms with Crippen LogP contribution < -0.4 is 9.03 Å². The predicted molar refractivity (Wildman–Crippen MR) is 101 cm³/mol. The van der Waals surface area contributed by atoms with Crippen molar-refractivity contribution in [2.45, 2.75) is 26.2 Å². The summed E-state index contributed by atoms with van der Waals surface area (Å²) in [4.78, 5) is 10.9. The number of carbonyl (C=O) groups is 1. The fraction of sp³-hybridized carbons (Fsp3) is 0.278. The first kappa shape index (κ1) is 19.7. The molecule has 1 heterocycles. The van der Waals surface area contributed by atoms with Crippen molar-refractivity contribution in [1.29, 1.82) is 0 Å². The molecule has 150 valence electrons. The maximum Gasteiger partial charge on any atom is 0.330 e. The van der Waals surface area contributed by atoms with Crippen molar-refractivity contribution >= 4 is 32.6 Å². The molecule has 0 fully saturated rings. The lowest BCUT2D eigenvalue weighted by atomic mass is 9.98. The Balaban J connectivity index is 1.96. The van der Waals surface area contributed by atoms with Crippen molar-refractivity contribution in [3.63, 3.8) is 0 Å². The van der Waals surface area contributed by atoms with Crippen LogP contribution >= 0.6 is 0 Å². The Morgan fingerprint density at radius 3 is 2.61 bits per heavy atom. The molecule has 8 nitrogen and oxygen atoms in total. The van der Waals surface area contributed by atoms with E-state index in [9.17, 15) is 23.4 Å². The van der Waals surface area contributed by atoms with E-state index in [1.165, 1.54) is 6.07 Å². The highest BCUT2D eigenvalue weighted by atomic mass is 32.2. The zero-order chi connectivity index (χ0) is 20.6. The third-order valence-corrected chi connectivity index (χ3v) is 5.85. The van der Waals surface area contributed by atoms with Gasteiger partial charge in [0.05, 0.1) is 12.1 Å². The lowest BCUT2D eigenvalue weighted by molar-refractivity contribution is -0.141. The van der Waals surface area contributed by atoms with Gasteiger partial charge in [0.1, 0.15) is 11.4 Å². The van der Waals surface area contributed by atoms with Gasteiger partial charge in [-0.05, 0) is 42.3 Å². The van der Waals surface area contributed by atoms with Crippen LogP contribution in [0.25, 0.3) is 10.8 Å². The summed E-state index contributed by atoms with van der Waals surface area (Å²) in [6.45, 7) is 1.62. The molecule has 2 aromatic rings. The Morgan fingerprint density at radius 2 is 2.00 bits per heavy atom. The van der Waals surface area contributed by atoms with Gasteiger partial charge in [0, 0.05) is 5.39 Å². The van der Waals surface area contributed by atoms with Gasteiger partial charge < -0.3 is 15.3 Å². The second-order valence-electron chi connectivity index (χ2n) is 6.66. The molecule has 0 bridgehead atoms. The number of nitrogens with zero attached hydrogens (tertiary/aromatic N) is 1. The first-order chi connectivity index (χ1) is 13.1. The first-order valence-electron chi connectivity index (χ1n) is 8.50. The van der Waals surface area contributed by atoms with Crippen molar-refractivity contribution in [1.82, 2.24) is 4.72 Å². The van der Waals surface area contributed by atoms with E-state index in [4.69, 9.17) is 5.11 Å².